The molecule has 1 aromatic rings. The smallest absolute Gasteiger partial charge is 0.260 e. The van der Waals surface area contributed by atoms with E-state index in [0.717, 1.165) is 17.8 Å². The molecule has 1 amide bonds. The predicted octanol–water partition coefficient (Wildman–Crippen LogP) is 1.63. The molecule has 0 bridgehead atoms. The molecule has 0 saturated carbocycles. The van der Waals surface area contributed by atoms with E-state index in [-0.39, 0.29) is 22.2 Å². The lowest BCUT2D eigenvalue weighted by Gasteiger charge is -2.11. The Labute approximate surface area is 105 Å². The van der Waals surface area contributed by atoms with Crippen LogP contribution in [-0.4, -0.2) is 20.1 Å². The Morgan fingerprint density at radius 3 is 2.76 bits per heavy atom. The second-order valence-electron chi connectivity index (χ2n) is 3.92. The molecule has 96 valence electrons. The number of carbonyl (C=O) groups is 1. The zero-order valence-corrected chi connectivity index (χ0v) is 11.4. The highest BCUT2D eigenvalue weighted by Crippen LogP contribution is 2.23. The number of rotatable bonds is 6. The molecule has 1 atom stereocenters. The van der Waals surface area contributed by atoms with Gasteiger partial charge in [-0.2, -0.15) is 0 Å². The van der Waals surface area contributed by atoms with Gasteiger partial charge in [0.05, 0.1) is 11.4 Å². The summed E-state index contributed by atoms with van der Waals surface area (Å²) < 4.78 is 26.0. The minimum Gasteiger partial charge on any atom is -0.365 e. The molecule has 0 aliphatic rings. The van der Waals surface area contributed by atoms with Crippen molar-refractivity contribution in [1.29, 1.82) is 0 Å². The molecule has 17 heavy (non-hydrogen) atoms. The Morgan fingerprint density at radius 2 is 2.24 bits per heavy atom. The van der Waals surface area contributed by atoms with Crippen LogP contribution < -0.4 is 10.5 Å². The minimum absolute atomic E-state index is 0.0392. The number of carbonyl (C=O) groups excluding carboxylic acids is 1. The van der Waals surface area contributed by atoms with Crippen molar-refractivity contribution in [2.75, 3.05) is 10.5 Å². The lowest BCUT2D eigenvalue weighted by molar-refractivity contribution is 0.100. The fourth-order valence-electron chi connectivity index (χ4n) is 1.28. The van der Waals surface area contributed by atoms with E-state index < -0.39 is 15.9 Å². The Morgan fingerprint density at radius 1 is 1.59 bits per heavy atom. The topological polar surface area (TPSA) is 89.3 Å². The maximum Gasteiger partial charge on any atom is 0.260 e. The van der Waals surface area contributed by atoms with Crippen molar-refractivity contribution in [2.24, 2.45) is 11.7 Å². The van der Waals surface area contributed by atoms with Crippen LogP contribution in [0.1, 0.15) is 29.9 Å². The molecule has 0 saturated heterocycles. The summed E-state index contributed by atoms with van der Waals surface area (Å²) in [4.78, 5) is 11.3. The van der Waals surface area contributed by atoms with Gasteiger partial charge in [-0.15, -0.1) is 11.3 Å². The zero-order chi connectivity index (χ0) is 13.1. The molecule has 0 aliphatic carbocycles. The number of thiophene rings is 1. The lowest BCUT2D eigenvalue weighted by Crippen LogP contribution is -2.22. The molecule has 0 fully saturated rings. The third kappa shape index (κ3) is 4.01. The monoisotopic (exact) mass is 276 g/mol. The van der Waals surface area contributed by atoms with E-state index in [9.17, 15) is 13.2 Å². The van der Waals surface area contributed by atoms with Crippen molar-refractivity contribution in [3.05, 3.63) is 16.3 Å². The fraction of sp³-hybridized carbons (Fsp3) is 0.500. The van der Waals surface area contributed by atoms with Crippen LogP contribution in [0.15, 0.2) is 11.4 Å². The molecule has 1 unspecified atom stereocenters. The van der Waals surface area contributed by atoms with Crippen molar-refractivity contribution in [1.82, 2.24) is 0 Å². The van der Waals surface area contributed by atoms with Crippen molar-refractivity contribution in [3.8, 4) is 0 Å². The molecular weight excluding hydrogens is 260 g/mol. The van der Waals surface area contributed by atoms with Crippen LogP contribution in [0, 0.1) is 5.92 Å². The SMILES string of the molecule is CCC(C)CS(=O)(=O)Nc1ccsc1C(N)=O. The summed E-state index contributed by atoms with van der Waals surface area (Å²) >= 11 is 1.12. The summed E-state index contributed by atoms with van der Waals surface area (Å²) in [5, 5.41) is 1.63. The first-order chi connectivity index (χ1) is 7.85. The Bertz CT molecular complexity index is 493. The molecule has 1 heterocycles. The summed E-state index contributed by atoms with van der Waals surface area (Å²) in [7, 11) is -3.42. The van der Waals surface area contributed by atoms with Crippen molar-refractivity contribution in [2.45, 2.75) is 20.3 Å². The molecule has 0 spiro atoms. The minimum atomic E-state index is -3.42. The summed E-state index contributed by atoms with van der Waals surface area (Å²) in [6, 6.07) is 1.54. The Kier molecular flexibility index (Phi) is 4.53. The Hall–Kier alpha value is -1.08. The summed E-state index contributed by atoms with van der Waals surface area (Å²) in [6.45, 7) is 3.79. The maximum atomic E-state index is 11.8. The van der Waals surface area contributed by atoms with Gasteiger partial charge >= 0.3 is 0 Å². The summed E-state index contributed by atoms with van der Waals surface area (Å²) in [6.07, 6.45) is 0.785. The molecule has 0 aromatic carbocycles. The first-order valence-electron chi connectivity index (χ1n) is 5.23. The predicted molar refractivity (Wildman–Crippen MR) is 69.7 cm³/mol. The number of hydrogen-bond donors (Lipinski definition) is 2. The largest absolute Gasteiger partial charge is 0.365 e. The van der Waals surface area contributed by atoms with Gasteiger partial charge in [0.15, 0.2) is 0 Å². The number of nitrogens with one attached hydrogen (secondary N) is 1. The quantitative estimate of drug-likeness (QED) is 0.827. The third-order valence-electron chi connectivity index (χ3n) is 2.36. The lowest BCUT2D eigenvalue weighted by atomic mass is 10.2. The first kappa shape index (κ1) is 14.0. The van der Waals surface area contributed by atoms with Crippen LogP contribution in [0.4, 0.5) is 5.69 Å². The normalized spacial score (nSPS) is 13.3. The number of amides is 1. The van der Waals surface area contributed by atoms with Crippen molar-refractivity contribution >= 4 is 33.0 Å². The van der Waals surface area contributed by atoms with Gasteiger partial charge in [-0.25, -0.2) is 8.42 Å². The molecule has 1 aromatic heterocycles. The van der Waals surface area contributed by atoms with Crippen LogP contribution in [0.2, 0.25) is 0 Å². The third-order valence-corrected chi connectivity index (χ3v) is 4.82. The van der Waals surface area contributed by atoms with E-state index in [4.69, 9.17) is 5.73 Å². The van der Waals surface area contributed by atoms with Crippen LogP contribution >= 0.6 is 11.3 Å². The molecule has 0 radical (unpaired) electrons. The second kappa shape index (κ2) is 5.50. The highest BCUT2D eigenvalue weighted by Gasteiger charge is 2.18. The van der Waals surface area contributed by atoms with E-state index in [2.05, 4.69) is 4.72 Å². The van der Waals surface area contributed by atoms with Gasteiger partial charge in [0.1, 0.15) is 4.88 Å². The average molecular weight is 276 g/mol. The number of sulfonamides is 1. The average Bonchev–Trinajstić information content (AvgIpc) is 2.64. The molecule has 5 nitrogen and oxygen atoms in total. The molecule has 7 heteroatoms. The standard InChI is InChI=1S/C10H16N2O3S2/c1-3-7(2)6-17(14,15)12-8-4-5-16-9(8)10(11)13/h4-5,7,12H,3,6H2,1-2H3,(H2,11,13). The van der Waals surface area contributed by atoms with Crippen LogP contribution in [0.5, 0.6) is 0 Å². The van der Waals surface area contributed by atoms with Gasteiger partial charge in [0.2, 0.25) is 10.0 Å². The van der Waals surface area contributed by atoms with Crippen molar-refractivity contribution < 1.29 is 13.2 Å². The van der Waals surface area contributed by atoms with Gasteiger partial charge in [-0.3, -0.25) is 9.52 Å². The second-order valence-corrected chi connectivity index (χ2v) is 6.61. The van der Waals surface area contributed by atoms with Crippen LogP contribution in [0.25, 0.3) is 0 Å². The van der Waals surface area contributed by atoms with E-state index in [1.807, 2.05) is 13.8 Å². The maximum absolute atomic E-state index is 11.8. The van der Waals surface area contributed by atoms with E-state index in [1.165, 1.54) is 0 Å². The van der Waals surface area contributed by atoms with E-state index >= 15 is 0 Å². The molecule has 0 aliphatic heterocycles. The highest BCUT2D eigenvalue weighted by atomic mass is 32.2. The fourth-order valence-corrected chi connectivity index (χ4v) is 3.62. The van der Waals surface area contributed by atoms with E-state index in [1.54, 1.807) is 11.4 Å². The highest BCUT2D eigenvalue weighted by molar-refractivity contribution is 7.92. The summed E-state index contributed by atoms with van der Waals surface area (Å²) in [5.74, 6) is -0.512. The van der Waals surface area contributed by atoms with Gasteiger partial charge in [-0.1, -0.05) is 20.3 Å². The Balaban J connectivity index is 2.83. The molecule has 3 N–H and O–H groups in total. The first-order valence-corrected chi connectivity index (χ1v) is 7.76. The van der Waals surface area contributed by atoms with Gasteiger partial charge in [0, 0.05) is 0 Å². The van der Waals surface area contributed by atoms with E-state index in [0.29, 0.717) is 0 Å². The summed E-state index contributed by atoms with van der Waals surface area (Å²) in [5.41, 5.74) is 5.41. The van der Waals surface area contributed by atoms with Gasteiger partial charge in [-0.05, 0) is 17.4 Å². The number of anilines is 1. The van der Waals surface area contributed by atoms with Crippen LogP contribution in [0.3, 0.4) is 0 Å². The van der Waals surface area contributed by atoms with Gasteiger partial charge < -0.3 is 5.73 Å². The number of nitrogens with two attached hydrogens (primary N) is 1. The molecular formula is C10H16N2O3S2. The molecule has 1 rings (SSSR count). The number of primary amides is 1. The zero-order valence-electron chi connectivity index (χ0n) is 9.76. The van der Waals surface area contributed by atoms with Gasteiger partial charge in [0.25, 0.3) is 5.91 Å². The van der Waals surface area contributed by atoms with Crippen molar-refractivity contribution in [3.63, 3.8) is 0 Å². The van der Waals surface area contributed by atoms with Crippen LogP contribution in [-0.2, 0) is 10.0 Å². The number of hydrogen-bond acceptors (Lipinski definition) is 4.